The molecule has 17 atom stereocenters. The topological polar surface area (TPSA) is 144 Å². The van der Waals surface area contributed by atoms with Crippen LogP contribution in [0.3, 0.4) is 0 Å². The molecule has 5 saturated carbocycles. The summed E-state index contributed by atoms with van der Waals surface area (Å²) < 4.78 is 31.9. The molecule has 266 valence electrons. The Hall–Kier alpha value is -0.850. The zero-order chi connectivity index (χ0) is 33.9. The van der Waals surface area contributed by atoms with Crippen LogP contribution in [0.15, 0.2) is 0 Å². The molecule has 3 saturated heterocycles. The molecule has 0 aromatic heterocycles. The van der Waals surface area contributed by atoms with Crippen molar-refractivity contribution in [1.29, 1.82) is 0 Å². The molecular weight excluding hydrogens is 604 g/mol. The van der Waals surface area contributed by atoms with E-state index in [0.717, 1.165) is 51.4 Å². The first-order valence-corrected chi connectivity index (χ1v) is 18.4. The highest BCUT2D eigenvalue weighted by molar-refractivity contribution is 5.66. The van der Waals surface area contributed by atoms with Gasteiger partial charge in [0.05, 0.1) is 18.8 Å². The molecule has 0 radical (unpaired) electrons. The third-order valence-corrected chi connectivity index (χ3v) is 16.3. The quantitative estimate of drug-likeness (QED) is 0.260. The van der Waals surface area contributed by atoms with Gasteiger partial charge < -0.3 is 44.1 Å². The van der Waals surface area contributed by atoms with Crippen LogP contribution in [0.2, 0.25) is 0 Å². The fraction of sp³-hybridized carbons (Fsp3) is 0.973. The summed E-state index contributed by atoms with van der Waals surface area (Å²) in [7, 11) is 0. The molecule has 3 heterocycles. The molecular formula is C37H58O10. The largest absolute Gasteiger partial charge is 0.457 e. The fourth-order valence-electron chi connectivity index (χ4n) is 14.4. The molecule has 5 aliphatic carbocycles. The highest BCUT2D eigenvalue weighted by Crippen LogP contribution is 2.90. The van der Waals surface area contributed by atoms with Crippen molar-refractivity contribution >= 4 is 5.97 Å². The van der Waals surface area contributed by atoms with Crippen LogP contribution < -0.4 is 0 Å². The minimum atomic E-state index is -1.29. The number of fused-ring (bicyclic) bond motifs is 4. The molecule has 0 aromatic rings. The maximum Gasteiger partial charge on any atom is 0.303 e. The second-order valence-corrected chi connectivity index (χ2v) is 18.8. The highest BCUT2D eigenvalue weighted by atomic mass is 16.8. The minimum Gasteiger partial charge on any atom is -0.457 e. The molecule has 2 bridgehead atoms. The average molecular weight is 663 g/mol. The van der Waals surface area contributed by atoms with Gasteiger partial charge in [-0.05, 0) is 105 Å². The van der Waals surface area contributed by atoms with Gasteiger partial charge in [-0.25, -0.2) is 0 Å². The summed E-state index contributed by atoms with van der Waals surface area (Å²) >= 11 is 0. The summed E-state index contributed by atoms with van der Waals surface area (Å²) in [6, 6.07) is 0. The number of hydrogen-bond acceptors (Lipinski definition) is 10. The zero-order valence-corrected chi connectivity index (χ0v) is 29.5. The third kappa shape index (κ3) is 3.88. The van der Waals surface area contributed by atoms with Crippen LogP contribution in [0.25, 0.3) is 0 Å². The van der Waals surface area contributed by atoms with E-state index in [-0.39, 0.29) is 58.3 Å². The Kier molecular flexibility index (Phi) is 7.03. The van der Waals surface area contributed by atoms with Crippen LogP contribution in [0, 0.1) is 50.7 Å². The minimum absolute atomic E-state index is 0.0329. The van der Waals surface area contributed by atoms with Gasteiger partial charge in [0.2, 0.25) is 0 Å². The van der Waals surface area contributed by atoms with Gasteiger partial charge in [0.1, 0.15) is 36.1 Å². The van der Waals surface area contributed by atoms with Crippen molar-refractivity contribution in [3.8, 4) is 0 Å². The van der Waals surface area contributed by atoms with E-state index >= 15 is 0 Å². The smallest absolute Gasteiger partial charge is 0.303 e. The molecule has 10 nitrogen and oxygen atoms in total. The number of carbonyl (C=O) groups is 1. The predicted molar refractivity (Wildman–Crippen MR) is 168 cm³/mol. The number of hydrogen-bond donors (Lipinski definition) is 4. The van der Waals surface area contributed by atoms with E-state index in [1.54, 1.807) is 0 Å². The Labute approximate surface area is 279 Å². The summed E-state index contributed by atoms with van der Waals surface area (Å²) in [5.74, 6) is -0.402. The fourth-order valence-corrected chi connectivity index (χ4v) is 14.4. The Morgan fingerprint density at radius 2 is 1.57 bits per heavy atom. The van der Waals surface area contributed by atoms with E-state index in [2.05, 4.69) is 34.6 Å². The summed E-state index contributed by atoms with van der Waals surface area (Å²) in [4.78, 5) is 12.1. The van der Waals surface area contributed by atoms with Gasteiger partial charge in [0, 0.05) is 18.3 Å². The van der Waals surface area contributed by atoms with Crippen LogP contribution >= 0.6 is 0 Å². The van der Waals surface area contributed by atoms with Gasteiger partial charge in [0.25, 0.3) is 0 Å². The predicted octanol–water partition coefficient (Wildman–Crippen LogP) is 3.69. The lowest BCUT2D eigenvalue weighted by molar-refractivity contribution is -0.303. The summed E-state index contributed by atoms with van der Waals surface area (Å²) in [6.07, 6.45) is 1.72. The first-order valence-electron chi connectivity index (χ1n) is 18.4. The van der Waals surface area contributed by atoms with E-state index < -0.39 is 53.6 Å². The highest BCUT2D eigenvalue weighted by Gasteiger charge is 2.88. The van der Waals surface area contributed by atoms with E-state index in [1.807, 2.05) is 13.8 Å². The second-order valence-electron chi connectivity index (χ2n) is 18.8. The van der Waals surface area contributed by atoms with Crippen LogP contribution in [-0.2, 0) is 28.5 Å². The molecule has 8 aliphatic rings. The van der Waals surface area contributed by atoms with Crippen molar-refractivity contribution in [1.82, 2.24) is 0 Å². The molecule has 4 N–H and O–H groups in total. The Morgan fingerprint density at radius 3 is 2.28 bits per heavy atom. The molecule has 10 heteroatoms. The van der Waals surface area contributed by atoms with Crippen LogP contribution in [-0.4, -0.2) is 93.4 Å². The summed E-state index contributed by atoms with van der Waals surface area (Å²) in [5, 5.41) is 43.7. The van der Waals surface area contributed by atoms with Gasteiger partial charge in [-0.15, -0.1) is 0 Å². The molecule has 3 spiro atoms. The maximum absolute atomic E-state index is 12.8. The average Bonchev–Trinajstić information content (AvgIpc) is 3.49. The lowest BCUT2D eigenvalue weighted by Crippen LogP contribution is -2.61. The summed E-state index contributed by atoms with van der Waals surface area (Å²) in [5.41, 5.74) is -1.36. The van der Waals surface area contributed by atoms with Crippen LogP contribution in [0.4, 0.5) is 0 Å². The molecule has 8 rings (SSSR count). The number of carbonyl (C=O) groups excluding carboxylic acids is 1. The first kappa shape index (κ1) is 33.3. The third-order valence-electron chi connectivity index (χ3n) is 16.3. The molecule has 3 aliphatic heterocycles. The van der Waals surface area contributed by atoms with Crippen molar-refractivity contribution in [2.24, 2.45) is 50.7 Å². The molecule has 0 amide bonds. The first-order chi connectivity index (χ1) is 21.8. The normalized spacial score (nSPS) is 58.8. The van der Waals surface area contributed by atoms with E-state index in [9.17, 15) is 25.2 Å². The van der Waals surface area contributed by atoms with Crippen molar-refractivity contribution in [2.45, 2.75) is 167 Å². The van der Waals surface area contributed by atoms with E-state index in [4.69, 9.17) is 23.7 Å². The second kappa shape index (κ2) is 9.93. The van der Waals surface area contributed by atoms with Gasteiger partial charge in [-0.1, -0.05) is 34.6 Å². The van der Waals surface area contributed by atoms with Crippen molar-refractivity contribution in [2.75, 3.05) is 6.61 Å². The van der Waals surface area contributed by atoms with Crippen molar-refractivity contribution in [3.05, 3.63) is 0 Å². The van der Waals surface area contributed by atoms with Crippen LogP contribution in [0.5, 0.6) is 0 Å². The van der Waals surface area contributed by atoms with Crippen molar-refractivity contribution in [3.63, 3.8) is 0 Å². The maximum atomic E-state index is 12.8. The molecule has 7 unspecified atom stereocenters. The van der Waals surface area contributed by atoms with Crippen molar-refractivity contribution < 1.29 is 48.9 Å². The number of esters is 1. The van der Waals surface area contributed by atoms with Gasteiger partial charge in [-0.3, -0.25) is 4.79 Å². The van der Waals surface area contributed by atoms with Gasteiger partial charge in [-0.2, -0.15) is 0 Å². The van der Waals surface area contributed by atoms with E-state index in [1.165, 1.54) is 6.92 Å². The number of ether oxygens (including phenoxy) is 5. The molecule has 8 fully saturated rings. The lowest BCUT2D eigenvalue weighted by atomic mass is 9.41. The van der Waals surface area contributed by atoms with Gasteiger partial charge >= 0.3 is 5.97 Å². The Morgan fingerprint density at radius 1 is 0.894 bits per heavy atom. The molecule has 0 aromatic carbocycles. The van der Waals surface area contributed by atoms with E-state index in [0.29, 0.717) is 11.8 Å². The molecule has 47 heavy (non-hydrogen) atoms. The monoisotopic (exact) mass is 662 g/mol. The Balaban J connectivity index is 1.09. The lowest BCUT2D eigenvalue weighted by Gasteiger charge is -2.63. The number of aliphatic hydroxyl groups excluding tert-OH is 4. The number of aliphatic hydroxyl groups is 4. The van der Waals surface area contributed by atoms with Crippen LogP contribution in [0.1, 0.15) is 107 Å². The Bertz CT molecular complexity index is 1320. The standard InChI is InChI=1S/C37H58O10/c1-18-15-21-28(32(5,6)45-19(2)38)47-37(46-21)27(18)33(7)13-14-36-17-35(36)12-11-24(44-29-26(41)25(40)20(39)16-43-29)31(3,4)22(35)9-10-23(36)34(33,8)30(37)42/h18,20-30,39-42H,9-17H2,1-8H3/t18?,20-,21?,22?,23?,24+,25-,26-,27-,28+,29+,30?,33-,34?,35-,36+,37?/m1/s1. The zero-order valence-electron chi connectivity index (χ0n) is 29.5. The SMILES string of the molecule is CC(=O)OC(C)(C)[C@H]1OC23OC1CC(C)[C@@H]2[C@@]1(C)CC[C@@]24C[C@@]25CC[C@H](O[C@@H]2OC[C@@H](O)[C@@H](O)[C@H]2O)C(C)(C)C5CCC4C1(C)C3O. The van der Waals surface area contributed by atoms with Gasteiger partial charge in [0.15, 0.2) is 12.1 Å². The number of rotatable bonds is 4. The summed E-state index contributed by atoms with van der Waals surface area (Å²) in [6.45, 7) is 16.8.